The summed E-state index contributed by atoms with van der Waals surface area (Å²) in [5.74, 6) is 0.633. The molecule has 0 fully saturated rings. The van der Waals surface area contributed by atoms with E-state index in [0.717, 1.165) is 67.1 Å². The summed E-state index contributed by atoms with van der Waals surface area (Å²) in [6.45, 7) is 4.26. The fourth-order valence-corrected chi connectivity index (χ4v) is 7.47. The molecule has 5 heteroatoms. The number of nitriles is 2. The first-order valence-corrected chi connectivity index (χ1v) is 18.2. The van der Waals surface area contributed by atoms with Crippen molar-refractivity contribution in [3.05, 3.63) is 186 Å². The minimum atomic E-state index is 0.590. The number of nitrogens with zero attached hydrogens (tertiary/aromatic N) is 5. The fourth-order valence-electron chi connectivity index (χ4n) is 7.47. The van der Waals surface area contributed by atoms with Crippen molar-refractivity contribution >= 4 is 21.8 Å². The molecule has 0 aliphatic heterocycles. The largest absolute Gasteiger partial charge is 0.308 e. The van der Waals surface area contributed by atoms with Crippen LogP contribution in [-0.2, 0) is 0 Å². The van der Waals surface area contributed by atoms with Crippen LogP contribution in [0.5, 0.6) is 0 Å². The Morgan fingerprint density at radius 1 is 0.436 bits per heavy atom. The second-order valence-electron chi connectivity index (χ2n) is 13.9. The van der Waals surface area contributed by atoms with Gasteiger partial charge in [0.25, 0.3) is 0 Å². The van der Waals surface area contributed by atoms with Gasteiger partial charge in [-0.25, -0.2) is 9.97 Å². The smallest absolute Gasteiger partial charge is 0.160 e. The maximum Gasteiger partial charge on any atom is 0.160 e. The van der Waals surface area contributed by atoms with Crippen molar-refractivity contribution in [1.29, 1.82) is 10.5 Å². The molecule has 0 atom stereocenters. The van der Waals surface area contributed by atoms with Crippen LogP contribution in [0, 0.1) is 36.5 Å². The maximum atomic E-state index is 9.76. The average molecular weight is 704 g/mol. The zero-order valence-corrected chi connectivity index (χ0v) is 30.3. The highest BCUT2D eigenvalue weighted by atomic mass is 15.0. The molecule has 5 nitrogen and oxygen atoms in total. The molecule has 0 spiro atoms. The zero-order valence-electron chi connectivity index (χ0n) is 30.3. The standard InChI is InChI=1S/C50H33N5/c1-32-13-23-47-43(25-32)44-26-33(2)14-24-48(44)55(47)49-41(36-19-15-34(30-51)16-20-36)27-40(28-42(49)37-21-17-35(31-52)18-22-37)46-29-45(38-9-5-3-6-10-38)53-50(54-46)39-11-7-4-8-12-39/h3-29H,1-2H3. The Morgan fingerprint density at radius 3 is 1.36 bits per heavy atom. The first-order chi connectivity index (χ1) is 27.0. The first-order valence-electron chi connectivity index (χ1n) is 18.2. The third-order valence-corrected chi connectivity index (χ3v) is 10.2. The van der Waals surface area contributed by atoms with Crippen LogP contribution in [0.25, 0.3) is 83.6 Å². The van der Waals surface area contributed by atoms with Gasteiger partial charge in [0.1, 0.15) is 0 Å². The van der Waals surface area contributed by atoms with Crippen molar-refractivity contribution in [2.24, 2.45) is 0 Å². The summed E-state index contributed by atoms with van der Waals surface area (Å²) in [4.78, 5) is 10.3. The molecule has 0 saturated heterocycles. The number of benzene rings is 7. The van der Waals surface area contributed by atoms with E-state index in [1.807, 2.05) is 97.1 Å². The Labute approximate surface area is 319 Å². The van der Waals surface area contributed by atoms with E-state index in [2.05, 4.69) is 97.3 Å². The van der Waals surface area contributed by atoms with Gasteiger partial charge in [-0.3, -0.25) is 0 Å². The molecule has 0 unspecified atom stereocenters. The molecule has 0 saturated carbocycles. The Morgan fingerprint density at radius 2 is 0.891 bits per heavy atom. The summed E-state index contributed by atoms with van der Waals surface area (Å²) < 4.78 is 2.37. The van der Waals surface area contributed by atoms with Crippen LogP contribution in [-0.4, -0.2) is 14.5 Å². The lowest BCUT2D eigenvalue weighted by atomic mass is 9.91. The third kappa shape index (κ3) is 6.11. The van der Waals surface area contributed by atoms with Gasteiger partial charge in [0, 0.05) is 38.6 Å². The van der Waals surface area contributed by atoms with Crippen molar-refractivity contribution in [3.8, 4) is 74.0 Å². The van der Waals surface area contributed by atoms with E-state index in [9.17, 15) is 10.5 Å². The second-order valence-corrected chi connectivity index (χ2v) is 13.9. The van der Waals surface area contributed by atoms with Gasteiger partial charge in [0.05, 0.1) is 51.4 Å². The molecule has 55 heavy (non-hydrogen) atoms. The van der Waals surface area contributed by atoms with Crippen molar-refractivity contribution in [3.63, 3.8) is 0 Å². The van der Waals surface area contributed by atoms with E-state index in [-0.39, 0.29) is 0 Å². The molecular formula is C50H33N5. The lowest BCUT2D eigenvalue weighted by Gasteiger charge is -2.21. The first kappa shape index (κ1) is 33.3. The SMILES string of the molecule is Cc1ccc2c(c1)c1cc(C)ccc1n2-c1c(-c2ccc(C#N)cc2)cc(-c2cc(-c3ccccc3)nc(-c3ccccc3)n2)cc1-c1ccc(C#N)cc1. The minimum absolute atomic E-state index is 0.590. The summed E-state index contributed by atoms with van der Waals surface area (Å²) in [6, 6.07) is 60.2. The molecule has 0 bridgehead atoms. The van der Waals surface area contributed by atoms with E-state index in [1.165, 1.54) is 21.9 Å². The predicted molar refractivity (Wildman–Crippen MR) is 222 cm³/mol. The molecule has 7 aromatic carbocycles. The average Bonchev–Trinajstić information content (AvgIpc) is 3.55. The maximum absolute atomic E-state index is 9.76. The van der Waals surface area contributed by atoms with Crippen LogP contribution in [0.3, 0.4) is 0 Å². The third-order valence-electron chi connectivity index (χ3n) is 10.2. The number of hydrogen-bond donors (Lipinski definition) is 0. The lowest BCUT2D eigenvalue weighted by molar-refractivity contribution is 1.17. The minimum Gasteiger partial charge on any atom is -0.308 e. The summed E-state index contributed by atoms with van der Waals surface area (Å²) in [6.07, 6.45) is 0. The van der Waals surface area contributed by atoms with Crippen molar-refractivity contribution in [2.75, 3.05) is 0 Å². The van der Waals surface area contributed by atoms with Gasteiger partial charge < -0.3 is 4.57 Å². The Bertz CT molecular complexity index is 2790. The van der Waals surface area contributed by atoms with Crippen molar-refractivity contribution in [2.45, 2.75) is 13.8 Å². The van der Waals surface area contributed by atoms with E-state index in [0.29, 0.717) is 17.0 Å². The molecule has 0 radical (unpaired) electrons. The quantitative estimate of drug-likeness (QED) is 0.173. The van der Waals surface area contributed by atoms with Gasteiger partial charge in [-0.1, -0.05) is 108 Å². The van der Waals surface area contributed by atoms with E-state index >= 15 is 0 Å². The molecule has 0 aliphatic carbocycles. The van der Waals surface area contributed by atoms with Crippen LogP contribution in [0.4, 0.5) is 0 Å². The van der Waals surface area contributed by atoms with Gasteiger partial charge in [0.15, 0.2) is 5.82 Å². The van der Waals surface area contributed by atoms with Gasteiger partial charge in [-0.05, 0) is 91.7 Å². The molecule has 9 aromatic rings. The highest BCUT2D eigenvalue weighted by Crippen LogP contribution is 2.44. The molecule has 0 amide bonds. The monoisotopic (exact) mass is 703 g/mol. The van der Waals surface area contributed by atoms with Gasteiger partial charge >= 0.3 is 0 Å². The lowest BCUT2D eigenvalue weighted by Crippen LogP contribution is -2.03. The fraction of sp³-hybridized carbons (Fsp3) is 0.0400. The van der Waals surface area contributed by atoms with E-state index < -0.39 is 0 Å². The van der Waals surface area contributed by atoms with Crippen LogP contribution in [0.15, 0.2) is 164 Å². The number of rotatable bonds is 6. The topological polar surface area (TPSA) is 78.3 Å². The van der Waals surface area contributed by atoms with Crippen molar-refractivity contribution in [1.82, 2.24) is 14.5 Å². The van der Waals surface area contributed by atoms with Crippen LogP contribution >= 0.6 is 0 Å². The number of aromatic nitrogens is 3. The molecular weight excluding hydrogens is 671 g/mol. The van der Waals surface area contributed by atoms with E-state index in [4.69, 9.17) is 9.97 Å². The van der Waals surface area contributed by atoms with Gasteiger partial charge in [-0.15, -0.1) is 0 Å². The van der Waals surface area contributed by atoms with Crippen LogP contribution in [0.2, 0.25) is 0 Å². The van der Waals surface area contributed by atoms with Gasteiger partial charge in [-0.2, -0.15) is 10.5 Å². The number of aryl methyl sites for hydroxylation is 2. The van der Waals surface area contributed by atoms with Crippen molar-refractivity contribution < 1.29 is 0 Å². The summed E-state index contributed by atoms with van der Waals surface area (Å²) >= 11 is 0. The Hall–Kier alpha value is -7.60. The Balaban J connectivity index is 1.42. The summed E-state index contributed by atoms with van der Waals surface area (Å²) in [5.41, 5.74) is 15.0. The van der Waals surface area contributed by atoms with Gasteiger partial charge in [0.2, 0.25) is 0 Å². The highest BCUT2D eigenvalue weighted by molar-refractivity contribution is 6.11. The molecule has 0 aliphatic rings. The Kier molecular flexibility index (Phi) is 8.31. The number of hydrogen-bond acceptors (Lipinski definition) is 4. The van der Waals surface area contributed by atoms with Crippen LogP contribution < -0.4 is 0 Å². The predicted octanol–water partition coefficient (Wildman–Crippen LogP) is 12.3. The summed E-state index contributed by atoms with van der Waals surface area (Å²) in [5, 5.41) is 21.9. The zero-order chi connectivity index (χ0) is 37.5. The number of fused-ring (bicyclic) bond motifs is 3. The second kappa shape index (κ2) is 13.7. The normalized spacial score (nSPS) is 11.1. The molecule has 258 valence electrons. The van der Waals surface area contributed by atoms with Crippen LogP contribution in [0.1, 0.15) is 22.3 Å². The molecule has 0 N–H and O–H groups in total. The summed E-state index contributed by atoms with van der Waals surface area (Å²) in [7, 11) is 0. The molecule has 2 heterocycles. The van der Waals surface area contributed by atoms with E-state index in [1.54, 1.807) is 0 Å². The molecule has 9 rings (SSSR count). The molecule has 2 aromatic heterocycles. The highest BCUT2D eigenvalue weighted by Gasteiger charge is 2.23.